The van der Waals surface area contributed by atoms with Crippen LogP contribution in [-0.2, 0) is 4.39 Å². The van der Waals surface area contributed by atoms with Crippen molar-refractivity contribution in [2.24, 2.45) is 5.34 Å². The minimum Gasteiger partial charge on any atom is -0.241 e. The van der Waals surface area contributed by atoms with Crippen LogP contribution in [0, 0.1) is 16.2 Å². The lowest BCUT2D eigenvalue weighted by Crippen LogP contribution is -1.38. The molecule has 0 atom stereocenters. The van der Waals surface area contributed by atoms with Gasteiger partial charge in [-0.05, 0) is 0 Å². The van der Waals surface area contributed by atoms with Crippen molar-refractivity contribution >= 4 is 11.9 Å². The van der Waals surface area contributed by atoms with Crippen molar-refractivity contribution in [2.45, 2.75) is 6.92 Å². The molecular formula is C2H3ClN2O2. The smallest absolute Gasteiger partial charge is 0.175 e. The van der Waals surface area contributed by atoms with E-state index >= 15 is 0 Å². The maximum absolute atomic E-state index is 8.57. The van der Waals surface area contributed by atoms with Crippen LogP contribution in [0.1, 0.15) is 6.92 Å². The van der Waals surface area contributed by atoms with Gasteiger partial charge in [-0.1, -0.05) is 0 Å². The van der Waals surface area contributed by atoms with E-state index in [1.807, 2.05) is 0 Å². The highest BCUT2D eigenvalue weighted by atomic mass is 35.5. The minimum absolute atomic E-state index is 1.43. The van der Waals surface area contributed by atoms with E-state index in [2.05, 4.69) is 16.3 Å². The van der Waals surface area contributed by atoms with Gasteiger partial charge < -0.3 is 0 Å². The van der Waals surface area contributed by atoms with E-state index in [9.17, 15) is 0 Å². The fraction of sp³-hybridized carbons (Fsp3) is 0.500. The van der Waals surface area contributed by atoms with E-state index in [0.717, 1.165) is 0 Å². The number of halogens is 1. The van der Waals surface area contributed by atoms with E-state index in [0.29, 0.717) is 0 Å². The molecule has 40 valence electrons. The van der Waals surface area contributed by atoms with E-state index in [1.54, 1.807) is 11.4 Å². The molecule has 0 aliphatic heterocycles. The molecule has 0 aliphatic carbocycles. The molecule has 5 heteroatoms. The van der Waals surface area contributed by atoms with E-state index in [-0.39, 0.29) is 0 Å². The average molecular weight is 123 g/mol. The van der Waals surface area contributed by atoms with Crippen molar-refractivity contribution in [3.63, 3.8) is 0 Å². The average Bonchev–Trinajstić information content (AvgIpc) is 1.69. The molecule has 0 aromatic heterocycles. The summed E-state index contributed by atoms with van der Waals surface area (Å²) in [4.78, 5) is 8.57. The van der Waals surface area contributed by atoms with Crippen LogP contribution >= 0.6 is 11.9 Å². The van der Waals surface area contributed by atoms with Gasteiger partial charge in [-0.15, -0.1) is 4.91 Å². The Morgan fingerprint density at radius 3 is 2.14 bits per heavy atom. The molecule has 7 heavy (non-hydrogen) atoms. The van der Waals surface area contributed by atoms with Crippen molar-refractivity contribution in [2.75, 3.05) is 0 Å². The summed E-state index contributed by atoms with van der Waals surface area (Å²) >= 11 is 4.21. The minimum atomic E-state index is 1.43. The molecular weight excluding hydrogens is 119 g/mol. The van der Waals surface area contributed by atoms with Crippen LogP contribution in [0.15, 0.2) is 5.34 Å². The first kappa shape index (κ1) is 9.49. The lowest BCUT2D eigenvalue weighted by molar-refractivity contribution is 0.373. The molecule has 0 aliphatic rings. The molecule has 0 saturated carbocycles. The van der Waals surface area contributed by atoms with Crippen molar-refractivity contribution in [3.05, 3.63) is 4.91 Å². The standard InChI is InChI=1S/C2H3N.ClNO2/c1-2-3;1-4-2-3/h1H3;. The zero-order valence-corrected chi connectivity index (χ0v) is 4.34. The second kappa shape index (κ2) is 19.0. The monoisotopic (exact) mass is 122 g/mol. The Hall–Kier alpha value is -0.820. The van der Waals surface area contributed by atoms with E-state index < -0.39 is 0 Å². The van der Waals surface area contributed by atoms with Gasteiger partial charge in [0.05, 0.1) is 6.07 Å². The van der Waals surface area contributed by atoms with Gasteiger partial charge in [0.2, 0.25) is 0 Å². The predicted molar refractivity (Wildman–Crippen MR) is 24.0 cm³/mol. The number of hydrogen-bond acceptors (Lipinski definition) is 4. The largest absolute Gasteiger partial charge is 0.241 e. The molecule has 0 amide bonds. The Balaban J connectivity index is 0. The SMILES string of the molecule is CC#N.O=NOCl. The molecule has 0 N–H and O–H groups in total. The highest BCUT2D eigenvalue weighted by Gasteiger charge is 1.50. The maximum atomic E-state index is 8.57. The lowest BCUT2D eigenvalue weighted by Gasteiger charge is -1.55. The highest BCUT2D eigenvalue weighted by Crippen LogP contribution is 1.72. The molecule has 0 rings (SSSR count). The van der Waals surface area contributed by atoms with E-state index in [4.69, 9.17) is 10.2 Å². The van der Waals surface area contributed by atoms with Crippen LogP contribution in [-0.4, -0.2) is 0 Å². The van der Waals surface area contributed by atoms with Crippen LogP contribution in [0.4, 0.5) is 0 Å². The van der Waals surface area contributed by atoms with Gasteiger partial charge in [0, 0.05) is 6.92 Å². The second-order valence-corrected chi connectivity index (χ2v) is 0.505. The van der Waals surface area contributed by atoms with Gasteiger partial charge in [-0.2, -0.15) is 5.26 Å². The molecule has 0 spiro atoms. The van der Waals surface area contributed by atoms with Crippen LogP contribution < -0.4 is 0 Å². The van der Waals surface area contributed by atoms with Gasteiger partial charge in [-0.25, -0.2) is 4.39 Å². The fourth-order valence-electron chi connectivity index (χ4n) is 0. The fourth-order valence-corrected chi connectivity index (χ4v) is 0. The predicted octanol–water partition coefficient (Wildman–Crippen LogP) is 1.37. The Morgan fingerprint density at radius 2 is 2.14 bits per heavy atom. The first-order valence-corrected chi connectivity index (χ1v) is 1.55. The molecule has 0 unspecified atom stereocenters. The van der Waals surface area contributed by atoms with Gasteiger partial charge in [0.25, 0.3) is 0 Å². The molecule has 0 aromatic rings. The zero-order valence-electron chi connectivity index (χ0n) is 3.59. The van der Waals surface area contributed by atoms with Crippen molar-refractivity contribution in [3.8, 4) is 6.07 Å². The lowest BCUT2D eigenvalue weighted by atomic mass is 11.0. The van der Waals surface area contributed by atoms with Crippen LogP contribution in [0.5, 0.6) is 0 Å². The number of nitrogens with zero attached hydrogens (tertiary/aromatic N) is 2. The number of hydrogen-bond donors (Lipinski definition) is 0. The van der Waals surface area contributed by atoms with Gasteiger partial charge in [-0.3, -0.25) is 0 Å². The number of nitriles is 1. The molecule has 0 aromatic carbocycles. The van der Waals surface area contributed by atoms with Crippen LogP contribution in [0.25, 0.3) is 0 Å². The highest BCUT2D eigenvalue weighted by molar-refractivity contribution is 6.07. The molecule has 4 nitrogen and oxygen atoms in total. The van der Waals surface area contributed by atoms with Crippen LogP contribution in [0.2, 0.25) is 0 Å². The third-order valence-electron chi connectivity index (χ3n) is 0.0282. The Bertz CT molecular complexity index is 68.6. The van der Waals surface area contributed by atoms with Gasteiger partial charge in [0.1, 0.15) is 0 Å². The van der Waals surface area contributed by atoms with Crippen molar-refractivity contribution in [1.82, 2.24) is 0 Å². The Labute approximate surface area is 45.7 Å². The molecule has 0 bridgehead atoms. The van der Waals surface area contributed by atoms with Crippen LogP contribution in [0.3, 0.4) is 0 Å². The Morgan fingerprint density at radius 1 is 2.00 bits per heavy atom. The summed E-state index contributed by atoms with van der Waals surface area (Å²) < 4.78 is 3.08. The summed E-state index contributed by atoms with van der Waals surface area (Å²) in [5.41, 5.74) is 0. The summed E-state index contributed by atoms with van der Waals surface area (Å²) in [6.07, 6.45) is 0. The van der Waals surface area contributed by atoms with Gasteiger partial charge >= 0.3 is 0 Å². The third kappa shape index (κ3) is 1620. The van der Waals surface area contributed by atoms with E-state index in [1.165, 1.54) is 6.92 Å². The summed E-state index contributed by atoms with van der Waals surface area (Å²) in [6.45, 7) is 1.43. The topological polar surface area (TPSA) is 62.5 Å². The maximum Gasteiger partial charge on any atom is 0.175 e. The Kier molecular flexibility index (Phi) is 25.8. The summed E-state index contributed by atoms with van der Waals surface area (Å²) in [5.74, 6) is 0. The quantitative estimate of drug-likeness (QED) is 0.390. The first-order valence-electron chi connectivity index (χ1n) is 1.24. The summed E-state index contributed by atoms with van der Waals surface area (Å²) in [5, 5.41) is 9.07. The van der Waals surface area contributed by atoms with Crippen molar-refractivity contribution < 1.29 is 4.39 Å². The normalized spacial score (nSPS) is 4.14. The third-order valence-corrected chi connectivity index (χ3v) is 0.0845. The van der Waals surface area contributed by atoms with Gasteiger partial charge in [0.15, 0.2) is 17.2 Å². The second-order valence-electron chi connectivity index (χ2n) is 0.367. The number of rotatable bonds is 1. The molecule has 0 heterocycles. The molecule has 0 radical (unpaired) electrons. The molecule has 0 saturated heterocycles. The molecule has 0 fully saturated rings. The van der Waals surface area contributed by atoms with Crippen molar-refractivity contribution in [1.29, 1.82) is 5.26 Å². The first-order chi connectivity index (χ1) is 3.33. The zero-order chi connectivity index (χ0) is 6.12. The summed E-state index contributed by atoms with van der Waals surface area (Å²) in [7, 11) is 0. The summed E-state index contributed by atoms with van der Waals surface area (Å²) in [6, 6.07) is 1.75.